The van der Waals surface area contributed by atoms with Crippen molar-refractivity contribution in [1.29, 1.82) is 0 Å². The van der Waals surface area contributed by atoms with Crippen molar-refractivity contribution in [2.45, 2.75) is 77.1 Å². The summed E-state index contributed by atoms with van der Waals surface area (Å²) >= 11 is 16.0. The van der Waals surface area contributed by atoms with Crippen LogP contribution in [0.15, 0.2) is 61.1 Å². The smallest absolute Gasteiger partial charge is 0.345 e. The van der Waals surface area contributed by atoms with Crippen LogP contribution in [-0.2, 0) is 27.4 Å². The number of carboxylic acid groups (broad SMARTS) is 1. The molecule has 6 heterocycles. The zero-order valence-electron chi connectivity index (χ0n) is 38.8. The van der Waals surface area contributed by atoms with Gasteiger partial charge in [0, 0.05) is 73.7 Å². The molecule has 1 N–H and O–H groups in total. The molecular formula is C51H53Cl2FN6O8S. The molecule has 1 aliphatic carbocycles. The zero-order chi connectivity index (χ0) is 48.3. The second-order valence-electron chi connectivity index (χ2n) is 18.0. The third-order valence-electron chi connectivity index (χ3n) is 13.4. The number of rotatable bonds is 10. The second kappa shape index (κ2) is 21.1. The van der Waals surface area contributed by atoms with Crippen LogP contribution in [0.5, 0.6) is 23.1 Å². The van der Waals surface area contributed by atoms with Crippen LogP contribution in [0.1, 0.15) is 66.2 Å². The summed E-state index contributed by atoms with van der Waals surface area (Å²) < 4.78 is 45.6. The quantitative estimate of drug-likeness (QED) is 0.129. The first-order chi connectivity index (χ1) is 33.3. The first kappa shape index (κ1) is 48.4. The molecule has 3 aromatic carbocycles. The highest BCUT2D eigenvalue weighted by Crippen LogP contribution is 2.53. The Morgan fingerprint density at radius 1 is 0.928 bits per heavy atom. The van der Waals surface area contributed by atoms with E-state index in [0.29, 0.717) is 94.4 Å². The monoisotopic (exact) mass is 998 g/mol. The van der Waals surface area contributed by atoms with Crippen molar-refractivity contribution in [2.24, 2.45) is 5.92 Å². The summed E-state index contributed by atoms with van der Waals surface area (Å²) in [5.74, 6) is 0.530. The lowest BCUT2D eigenvalue weighted by Gasteiger charge is -2.35. The van der Waals surface area contributed by atoms with Gasteiger partial charge >= 0.3 is 11.9 Å². The molecule has 1 saturated carbocycles. The minimum atomic E-state index is -1.47. The Morgan fingerprint density at radius 2 is 1.67 bits per heavy atom. The molecule has 10 rings (SSSR count). The molecule has 0 spiro atoms. The maximum absolute atomic E-state index is 14.4. The summed E-state index contributed by atoms with van der Waals surface area (Å²) in [4.78, 5) is 49.8. The van der Waals surface area contributed by atoms with E-state index in [-0.39, 0.29) is 43.3 Å². The molecular weight excluding hydrogens is 947 g/mol. The van der Waals surface area contributed by atoms with Crippen LogP contribution in [0, 0.1) is 25.6 Å². The average molecular weight is 1000 g/mol. The number of hydrogen-bond donors (Lipinski definition) is 1. The van der Waals surface area contributed by atoms with Crippen LogP contribution >= 0.6 is 34.5 Å². The number of carbonyl (C=O) groups is 2. The normalized spacial score (nSPS) is 20.1. The van der Waals surface area contributed by atoms with Gasteiger partial charge in [-0.1, -0.05) is 35.3 Å². The van der Waals surface area contributed by atoms with Crippen LogP contribution in [0.3, 0.4) is 0 Å². The first-order valence-electron chi connectivity index (χ1n) is 23.1. The molecule has 18 heteroatoms. The Kier molecular flexibility index (Phi) is 14.8. The van der Waals surface area contributed by atoms with Crippen molar-refractivity contribution >= 4 is 56.7 Å². The van der Waals surface area contributed by atoms with Gasteiger partial charge in [0.15, 0.2) is 5.75 Å². The van der Waals surface area contributed by atoms with Crippen LogP contribution in [0.2, 0.25) is 10.0 Å². The zero-order valence-corrected chi connectivity index (χ0v) is 41.1. The van der Waals surface area contributed by atoms with Gasteiger partial charge in [0.05, 0.1) is 28.2 Å². The molecule has 0 amide bonds. The van der Waals surface area contributed by atoms with Crippen LogP contribution in [0.4, 0.5) is 4.39 Å². The largest absolute Gasteiger partial charge is 0.490 e. The minimum absolute atomic E-state index is 0.0256. The van der Waals surface area contributed by atoms with Gasteiger partial charge in [0.25, 0.3) is 0 Å². The Balaban J connectivity index is 1.10. The number of aromatic nitrogens is 4. The lowest BCUT2D eigenvalue weighted by atomic mass is 9.80. The van der Waals surface area contributed by atoms with E-state index in [1.807, 2.05) is 13.8 Å². The van der Waals surface area contributed by atoms with Crippen molar-refractivity contribution in [3.8, 4) is 44.7 Å². The molecule has 69 heavy (non-hydrogen) atoms. The molecule has 2 fully saturated rings. The molecule has 3 aromatic heterocycles. The van der Waals surface area contributed by atoms with E-state index in [0.717, 1.165) is 57.7 Å². The van der Waals surface area contributed by atoms with E-state index < -0.39 is 24.0 Å². The molecule has 1 saturated heterocycles. The van der Waals surface area contributed by atoms with E-state index in [1.54, 1.807) is 42.6 Å². The Hall–Kier alpha value is -5.65. The highest BCUT2D eigenvalue weighted by Gasteiger charge is 2.33. The molecule has 2 atom stereocenters. The topological polar surface area (TPSA) is 159 Å². The van der Waals surface area contributed by atoms with Gasteiger partial charge in [0.2, 0.25) is 12.0 Å². The van der Waals surface area contributed by atoms with Crippen LogP contribution < -0.4 is 18.9 Å². The van der Waals surface area contributed by atoms with E-state index in [2.05, 4.69) is 31.8 Å². The number of carbonyl (C=O) groups excluding carboxylic acids is 1. The maximum atomic E-state index is 14.4. The standard InChI is InChI=1S/C51H53Cl2FN6O8S/c1-28-41-29(2)45(53)46(44(28)52)67-37(24-60-19-17-59(3)18-20-60)26-65-36-13-14-38(66-25-35-15-16-55-48(58-35)32-7-5-30(6-8-32)21-40(61)64-4)33(22-36)23-39(51(62)63)68-49-43-42(41)47(69-50(43)57-27-56-49)31-9-11-34(54)12-10-31/h9-16,22,27,30,32,37,39H,5-8,17-21,23-26H2,1-4H3,(H,62,63)/t30?,32?,37-,39-/m1/s1. The minimum Gasteiger partial charge on any atom is -0.490 e. The number of likely N-dealkylation sites (N-methyl/N-ethyl adjacent to an activating group) is 1. The molecule has 6 aromatic rings. The van der Waals surface area contributed by atoms with Crippen molar-refractivity contribution < 1.29 is 42.8 Å². The molecule has 0 unspecified atom stereocenters. The second-order valence-corrected chi connectivity index (χ2v) is 19.8. The van der Waals surface area contributed by atoms with Gasteiger partial charge in [-0.05, 0) is 111 Å². The lowest BCUT2D eigenvalue weighted by Crippen LogP contribution is -2.49. The fourth-order valence-corrected chi connectivity index (χ4v) is 11.2. The van der Waals surface area contributed by atoms with Crippen molar-refractivity contribution in [2.75, 3.05) is 53.5 Å². The predicted molar refractivity (Wildman–Crippen MR) is 261 cm³/mol. The van der Waals surface area contributed by atoms with E-state index in [1.165, 1.54) is 36.9 Å². The summed E-state index contributed by atoms with van der Waals surface area (Å²) in [7, 11) is 3.52. The van der Waals surface area contributed by atoms with Crippen LogP contribution in [0.25, 0.3) is 31.8 Å². The highest BCUT2D eigenvalue weighted by molar-refractivity contribution is 7.22. The average Bonchev–Trinajstić information content (AvgIpc) is 3.74. The highest BCUT2D eigenvalue weighted by atomic mass is 35.5. The number of piperazine rings is 1. The Bertz CT molecular complexity index is 2830. The fourth-order valence-electron chi connectivity index (χ4n) is 9.50. The number of hydrogen-bond acceptors (Lipinski definition) is 14. The van der Waals surface area contributed by atoms with Gasteiger partial charge in [0.1, 0.15) is 53.6 Å². The number of ether oxygens (including phenoxy) is 5. The lowest BCUT2D eigenvalue weighted by molar-refractivity contribution is -0.145. The number of methoxy groups -OCH3 is 1. The van der Waals surface area contributed by atoms with Crippen molar-refractivity contribution in [3.05, 3.63) is 105 Å². The van der Waals surface area contributed by atoms with Gasteiger partial charge in [-0.3, -0.25) is 9.69 Å². The predicted octanol–water partition coefficient (Wildman–Crippen LogP) is 9.76. The Morgan fingerprint density at radius 3 is 2.38 bits per heavy atom. The number of aliphatic carboxylic acids is 1. The van der Waals surface area contributed by atoms with Crippen molar-refractivity contribution in [3.63, 3.8) is 0 Å². The molecule has 3 aliphatic heterocycles. The molecule has 4 aliphatic rings. The molecule has 14 nitrogen and oxygen atoms in total. The van der Waals surface area contributed by atoms with Gasteiger partial charge in [-0.2, -0.15) is 0 Å². The Labute approximate surface area is 413 Å². The van der Waals surface area contributed by atoms with Crippen molar-refractivity contribution in [1.82, 2.24) is 29.7 Å². The van der Waals surface area contributed by atoms with E-state index >= 15 is 0 Å². The number of nitrogens with zero attached hydrogens (tertiary/aromatic N) is 6. The number of carboxylic acids is 1. The number of halogens is 3. The third kappa shape index (κ3) is 10.7. The SMILES string of the molecule is COC(=O)CC1CCC(c2nccc(COc3ccc4cc3C[C@H](C(=O)O)Oc3ncnc5sc(-c6ccc(F)cc6)c(c35)-c3c(C)c(Cl)c(c(Cl)c3C)O[C@H](CN3CCN(C)CC3)CO4)n2)CC1. The molecule has 362 valence electrons. The molecule has 0 radical (unpaired) electrons. The maximum Gasteiger partial charge on any atom is 0.345 e. The number of esters is 1. The third-order valence-corrected chi connectivity index (χ3v) is 15.4. The van der Waals surface area contributed by atoms with E-state index in [4.69, 9.17) is 51.9 Å². The van der Waals surface area contributed by atoms with E-state index in [9.17, 15) is 19.1 Å². The number of fused-ring (bicyclic) bond motifs is 7. The first-order valence-corrected chi connectivity index (χ1v) is 24.7. The number of benzene rings is 3. The molecule has 4 bridgehead atoms. The number of thiophene rings is 1. The van der Waals surface area contributed by atoms with Gasteiger partial charge in [-0.15, -0.1) is 11.3 Å². The summed E-state index contributed by atoms with van der Waals surface area (Å²) in [5.41, 5.74) is 4.42. The van der Waals surface area contributed by atoms with Crippen LogP contribution in [-0.4, -0.2) is 112 Å². The summed E-state index contributed by atoms with van der Waals surface area (Å²) in [5, 5.41) is 11.9. The fraction of sp³-hybridized carbons (Fsp3) is 0.412. The van der Waals surface area contributed by atoms with Gasteiger partial charge in [-0.25, -0.2) is 29.1 Å². The summed E-state index contributed by atoms with van der Waals surface area (Å²) in [6.45, 7) is 7.91. The summed E-state index contributed by atoms with van der Waals surface area (Å²) in [6, 6.07) is 13.2. The van der Waals surface area contributed by atoms with Gasteiger partial charge < -0.3 is 33.7 Å². The summed E-state index contributed by atoms with van der Waals surface area (Å²) in [6.07, 6.45) is 4.81.